The summed E-state index contributed by atoms with van der Waals surface area (Å²) in [6, 6.07) is 4.78. The number of carbonyl (C=O) groups is 1. The zero-order chi connectivity index (χ0) is 15.4. The van der Waals surface area contributed by atoms with Crippen LogP contribution in [0.15, 0.2) is 28.9 Å². The summed E-state index contributed by atoms with van der Waals surface area (Å²) in [7, 11) is 1.83. The smallest absolute Gasteiger partial charge is 0.335 e. The van der Waals surface area contributed by atoms with Gasteiger partial charge in [-0.05, 0) is 41.1 Å². The molecule has 0 radical (unpaired) electrons. The highest BCUT2D eigenvalue weighted by Crippen LogP contribution is 2.37. The quantitative estimate of drug-likeness (QED) is 0.863. The number of benzene rings is 1. The van der Waals surface area contributed by atoms with Gasteiger partial charge in [-0.15, -0.1) is 0 Å². The molecule has 1 N–H and O–H groups in total. The fourth-order valence-electron chi connectivity index (χ4n) is 1.78. The number of carboxylic acids is 1. The predicted molar refractivity (Wildman–Crippen MR) is 79.8 cm³/mol. The Labute approximate surface area is 130 Å². The third-order valence-electron chi connectivity index (χ3n) is 2.69. The number of carboxylic acid groups (broad SMARTS) is 1. The summed E-state index contributed by atoms with van der Waals surface area (Å²) in [6.45, 7) is 2.51. The number of aromatic carboxylic acids is 1. The van der Waals surface area contributed by atoms with Gasteiger partial charge in [-0.25, -0.2) is 4.79 Å². The second-order valence-corrected chi connectivity index (χ2v) is 5.15. The van der Waals surface area contributed by atoms with Gasteiger partial charge >= 0.3 is 5.97 Å². The summed E-state index contributed by atoms with van der Waals surface area (Å²) in [5.41, 5.74) is 0.907. The van der Waals surface area contributed by atoms with Crippen molar-refractivity contribution in [2.45, 2.75) is 13.5 Å². The number of halogens is 1. The van der Waals surface area contributed by atoms with Crippen molar-refractivity contribution in [1.82, 2.24) is 9.78 Å². The van der Waals surface area contributed by atoms with Gasteiger partial charge in [0.25, 0.3) is 0 Å². The third-order valence-corrected chi connectivity index (χ3v) is 3.28. The monoisotopic (exact) mass is 354 g/mol. The van der Waals surface area contributed by atoms with Crippen LogP contribution >= 0.6 is 15.9 Å². The van der Waals surface area contributed by atoms with Crippen molar-refractivity contribution in [3.8, 4) is 11.5 Å². The second kappa shape index (κ2) is 6.62. The van der Waals surface area contributed by atoms with Gasteiger partial charge in [-0.1, -0.05) is 0 Å². The van der Waals surface area contributed by atoms with E-state index in [1.54, 1.807) is 4.68 Å². The Kier molecular flexibility index (Phi) is 4.85. The van der Waals surface area contributed by atoms with Crippen LogP contribution in [0.4, 0.5) is 0 Å². The Morgan fingerprint density at radius 1 is 1.43 bits per heavy atom. The molecule has 0 amide bonds. The number of nitrogens with zero attached hydrogens (tertiary/aromatic N) is 2. The highest BCUT2D eigenvalue weighted by atomic mass is 79.9. The summed E-state index contributed by atoms with van der Waals surface area (Å²) in [6.07, 6.45) is 1.82. The van der Waals surface area contributed by atoms with Gasteiger partial charge < -0.3 is 14.6 Å². The molecule has 0 spiro atoms. The van der Waals surface area contributed by atoms with E-state index in [0.29, 0.717) is 22.6 Å². The molecule has 0 saturated heterocycles. The summed E-state index contributed by atoms with van der Waals surface area (Å²) in [5.74, 6) is -0.166. The van der Waals surface area contributed by atoms with Crippen LogP contribution in [0.5, 0.6) is 11.5 Å². The molecule has 21 heavy (non-hydrogen) atoms. The zero-order valence-electron chi connectivity index (χ0n) is 11.7. The maximum atomic E-state index is 11.1. The van der Waals surface area contributed by atoms with E-state index in [0.717, 1.165) is 5.69 Å². The molecule has 0 saturated carbocycles. The van der Waals surface area contributed by atoms with Crippen LogP contribution < -0.4 is 9.47 Å². The van der Waals surface area contributed by atoms with Crippen LogP contribution in [0, 0.1) is 0 Å². The molecule has 1 aromatic heterocycles. The molecule has 1 aromatic carbocycles. The van der Waals surface area contributed by atoms with E-state index in [1.807, 2.05) is 26.2 Å². The van der Waals surface area contributed by atoms with Crippen LogP contribution in [0.1, 0.15) is 23.0 Å². The molecule has 0 aliphatic heterocycles. The lowest BCUT2D eigenvalue weighted by Crippen LogP contribution is -2.04. The number of aromatic nitrogens is 2. The Morgan fingerprint density at radius 3 is 2.76 bits per heavy atom. The largest absolute Gasteiger partial charge is 0.490 e. The van der Waals surface area contributed by atoms with Crippen molar-refractivity contribution < 1.29 is 19.4 Å². The molecule has 0 aliphatic rings. The molecule has 0 bridgehead atoms. The number of hydrogen-bond acceptors (Lipinski definition) is 4. The molecule has 6 nitrogen and oxygen atoms in total. The predicted octanol–water partition coefficient (Wildman–Crippen LogP) is 2.86. The van der Waals surface area contributed by atoms with E-state index in [4.69, 9.17) is 14.6 Å². The van der Waals surface area contributed by atoms with Crippen LogP contribution in [0.25, 0.3) is 0 Å². The lowest BCUT2D eigenvalue weighted by Gasteiger charge is -2.14. The molecular formula is C14H15BrN2O4. The molecule has 1 heterocycles. The molecule has 2 aromatic rings. The number of aryl methyl sites for hydroxylation is 1. The van der Waals surface area contributed by atoms with Gasteiger partial charge in [0, 0.05) is 13.2 Å². The Bertz CT molecular complexity index is 654. The summed E-state index contributed by atoms with van der Waals surface area (Å²) in [4.78, 5) is 11.1. The van der Waals surface area contributed by atoms with Gasteiger partial charge in [0.1, 0.15) is 6.61 Å². The fourth-order valence-corrected chi connectivity index (χ4v) is 2.34. The van der Waals surface area contributed by atoms with E-state index >= 15 is 0 Å². The molecule has 0 unspecified atom stereocenters. The maximum Gasteiger partial charge on any atom is 0.335 e. The first-order valence-corrected chi connectivity index (χ1v) is 7.11. The van der Waals surface area contributed by atoms with Crippen molar-refractivity contribution in [3.63, 3.8) is 0 Å². The van der Waals surface area contributed by atoms with Crippen LogP contribution in [-0.2, 0) is 13.7 Å². The van der Waals surface area contributed by atoms with Crippen LogP contribution in [0.3, 0.4) is 0 Å². The van der Waals surface area contributed by atoms with Gasteiger partial charge in [0.15, 0.2) is 11.5 Å². The average Bonchev–Trinajstić information content (AvgIpc) is 2.83. The minimum Gasteiger partial charge on any atom is -0.490 e. The van der Waals surface area contributed by atoms with Crippen molar-refractivity contribution in [1.29, 1.82) is 0 Å². The minimum atomic E-state index is -1.02. The molecule has 7 heteroatoms. The maximum absolute atomic E-state index is 11.1. The van der Waals surface area contributed by atoms with E-state index in [-0.39, 0.29) is 12.2 Å². The van der Waals surface area contributed by atoms with Crippen molar-refractivity contribution in [2.24, 2.45) is 7.05 Å². The second-order valence-electron chi connectivity index (χ2n) is 4.29. The Hall–Kier alpha value is -2.02. The normalized spacial score (nSPS) is 10.4. The van der Waals surface area contributed by atoms with E-state index in [9.17, 15) is 4.79 Å². The van der Waals surface area contributed by atoms with Gasteiger partial charge in [-0.3, -0.25) is 4.68 Å². The van der Waals surface area contributed by atoms with Crippen molar-refractivity contribution in [3.05, 3.63) is 40.1 Å². The topological polar surface area (TPSA) is 73.6 Å². The molecular weight excluding hydrogens is 340 g/mol. The highest BCUT2D eigenvalue weighted by molar-refractivity contribution is 9.10. The molecule has 0 aliphatic carbocycles. The van der Waals surface area contributed by atoms with Gasteiger partial charge in [0.05, 0.1) is 22.3 Å². The molecule has 0 fully saturated rings. The van der Waals surface area contributed by atoms with E-state index in [1.165, 1.54) is 12.1 Å². The number of hydrogen-bond donors (Lipinski definition) is 1. The van der Waals surface area contributed by atoms with Gasteiger partial charge in [0.2, 0.25) is 0 Å². The first-order valence-electron chi connectivity index (χ1n) is 6.32. The Balaban J connectivity index is 2.26. The third kappa shape index (κ3) is 3.75. The lowest BCUT2D eigenvalue weighted by molar-refractivity contribution is 0.0696. The van der Waals surface area contributed by atoms with Gasteiger partial charge in [-0.2, -0.15) is 5.10 Å². The van der Waals surface area contributed by atoms with Crippen LogP contribution in [0.2, 0.25) is 0 Å². The van der Waals surface area contributed by atoms with Crippen LogP contribution in [-0.4, -0.2) is 27.5 Å². The molecule has 0 atom stereocenters. The summed E-state index contributed by atoms with van der Waals surface area (Å²) >= 11 is 3.32. The minimum absolute atomic E-state index is 0.135. The first-order chi connectivity index (χ1) is 10.0. The van der Waals surface area contributed by atoms with E-state index in [2.05, 4.69) is 21.0 Å². The van der Waals surface area contributed by atoms with Crippen molar-refractivity contribution in [2.75, 3.05) is 6.61 Å². The first kappa shape index (κ1) is 15.4. The molecule has 2 rings (SSSR count). The number of ether oxygens (including phenoxy) is 2. The highest BCUT2D eigenvalue weighted by Gasteiger charge is 2.16. The van der Waals surface area contributed by atoms with E-state index < -0.39 is 5.97 Å². The summed E-state index contributed by atoms with van der Waals surface area (Å²) in [5, 5.41) is 13.3. The van der Waals surface area contributed by atoms with Crippen molar-refractivity contribution >= 4 is 21.9 Å². The SMILES string of the molecule is CCOc1cc(C(=O)O)cc(Br)c1OCc1ccn(C)n1. The summed E-state index contributed by atoms with van der Waals surface area (Å²) < 4.78 is 13.4. The Morgan fingerprint density at radius 2 is 2.19 bits per heavy atom. The molecule has 112 valence electrons. The standard InChI is InChI=1S/C14H15BrN2O4/c1-3-20-12-7-9(14(18)19)6-11(15)13(12)21-8-10-4-5-17(2)16-10/h4-7H,3,8H2,1-2H3,(H,18,19). The number of rotatable bonds is 6. The average molecular weight is 355 g/mol. The lowest BCUT2D eigenvalue weighted by atomic mass is 10.2. The zero-order valence-corrected chi connectivity index (χ0v) is 13.3. The fraction of sp³-hybridized carbons (Fsp3) is 0.286.